The number of amides is 1. The molecule has 0 saturated carbocycles. The fourth-order valence-corrected chi connectivity index (χ4v) is 4.23. The molecule has 1 unspecified atom stereocenters. The second-order valence-corrected chi connectivity index (χ2v) is 8.10. The van der Waals surface area contributed by atoms with Crippen LogP contribution in [-0.4, -0.2) is 30.1 Å². The third-order valence-electron chi connectivity index (χ3n) is 4.78. The number of aliphatic carboxylic acids is 1. The SMILES string of the molecule is COc1ccc(CSc2ccccc2CC(CC(=O)O)NC(=O)c2ccccc2)cc1. The van der Waals surface area contributed by atoms with E-state index in [0.29, 0.717) is 12.0 Å². The van der Waals surface area contributed by atoms with Gasteiger partial charge in [-0.25, -0.2) is 0 Å². The van der Waals surface area contributed by atoms with Crippen molar-refractivity contribution < 1.29 is 19.4 Å². The van der Waals surface area contributed by atoms with Gasteiger partial charge in [-0.2, -0.15) is 0 Å². The molecule has 1 atom stereocenters. The van der Waals surface area contributed by atoms with Crippen molar-refractivity contribution in [3.63, 3.8) is 0 Å². The molecule has 160 valence electrons. The highest BCUT2D eigenvalue weighted by Crippen LogP contribution is 2.28. The zero-order valence-electron chi connectivity index (χ0n) is 17.3. The third kappa shape index (κ3) is 6.89. The van der Waals surface area contributed by atoms with Gasteiger partial charge in [-0.05, 0) is 47.9 Å². The van der Waals surface area contributed by atoms with Crippen LogP contribution in [0.3, 0.4) is 0 Å². The molecule has 0 aromatic heterocycles. The van der Waals surface area contributed by atoms with E-state index in [9.17, 15) is 14.7 Å². The van der Waals surface area contributed by atoms with Crippen molar-refractivity contribution in [3.05, 3.63) is 95.6 Å². The summed E-state index contributed by atoms with van der Waals surface area (Å²) in [7, 11) is 1.64. The monoisotopic (exact) mass is 435 g/mol. The average Bonchev–Trinajstić information content (AvgIpc) is 2.79. The van der Waals surface area contributed by atoms with Crippen LogP contribution in [0.1, 0.15) is 27.9 Å². The maximum atomic E-state index is 12.6. The minimum Gasteiger partial charge on any atom is -0.497 e. The molecule has 3 rings (SSSR count). The number of hydrogen-bond acceptors (Lipinski definition) is 4. The van der Waals surface area contributed by atoms with Crippen LogP contribution in [0.2, 0.25) is 0 Å². The summed E-state index contributed by atoms with van der Waals surface area (Å²) in [5, 5.41) is 12.2. The Balaban J connectivity index is 1.70. The second kappa shape index (κ2) is 11.2. The Hall–Kier alpha value is -3.25. The topological polar surface area (TPSA) is 75.6 Å². The number of methoxy groups -OCH3 is 1. The van der Waals surface area contributed by atoms with Crippen molar-refractivity contribution in [1.29, 1.82) is 0 Å². The van der Waals surface area contributed by atoms with Crippen LogP contribution in [-0.2, 0) is 17.0 Å². The molecule has 0 heterocycles. The van der Waals surface area contributed by atoms with E-state index in [-0.39, 0.29) is 12.3 Å². The lowest BCUT2D eigenvalue weighted by molar-refractivity contribution is -0.137. The number of benzene rings is 3. The first kappa shape index (κ1) is 22.4. The van der Waals surface area contributed by atoms with Crippen LogP contribution < -0.4 is 10.1 Å². The van der Waals surface area contributed by atoms with Crippen LogP contribution >= 0.6 is 11.8 Å². The third-order valence-corrected chi connectivity index (χ3v) is 5.97. The minimum atomic E-state index is -0.943. The molecule has 2 N–H and O–H groups in total. The van der Waals surface area contributed by atoms with Crippen molar-refractivity contribution >= 4 is 23.6 Å². The van der Waals surface area contributed by atoms with E-state index < -0.39 is 12.0 Å². The average molecular weight is 436 g/mol. The molecule has 5 nitrogen and oxygen atoms in total. The van der Waals surface area contributed by atoms with Crippen LogP contribution in [0.15, 0.2) is 83.8 Å². The Morgan fingerprint density at radius 3 is 2.32 bits per heavy atom. The normalized spacial score (nSPS) is 11.5. The highest BCUT2D eigenvalue weighted by molar-refractivity contribution is 7.98. The standard InChI is InChI=1S/C25H25NO4S/c1-30-22-13-11-18(12-14-22)17-31-23-10-6-5-9-20(23)15-21(16-24(27)28)26-25(29)19-7-3-2-4-8-19/h2-14,21H,15-17H2,1H3,(H,26,29)(H,27,28). The van der Waals surface area contributed by atoms with E-state index >= 15 is 0 Å². The first-order valence-corrected chi connectivity index (χ1v) is 10.9. The number of ether oxygens (including phenoxy) is 1. The number of carbonyl (C=O) groups is 2. The highest BCUT2D eigenvalue weighted by atomic mass is 32.2. The second-order valence-electron chi connectivity index (χ2n) is 7.08. The van der Waals surface area contributed by atoms with Gasteiger partial charge in [0.1, 0.15) is 5.75 Å². The Labute approximate surface area is 186 Å². The lowest BCUT2D eigenvalue weighted by Crippen LogP contribution is -2.38. The number of carboxylic acids is 1. The number of nitrogens with one attached hydrogen (secondary N) is 1. The van der Waals surface area contributed by atoms with Gasteiger partial charge in [-0.3, -0.25) is 9.59 Å². The van der Waals surface area contributed by atoms with Gasteiger partial charge < -0.3 is 15.2 Å². The van der Waals surface area contributed by atoms with Crippen molar-refractivity contribution in [3.8, 4) is 5.75 Å². The molecule has 31 heavy (non-hydrogen) atoms. The van der Waals surface area contributed by atoms with E-state index in [1.165, 1.54) is 5.56 Å². The Bertz CT molecular complexity index is 1010. The van der Waals surface area contributed by atoms with E-state index in [1.54, 1.807) is 43.1 Å². The molecule has 0 saturated heterocycles. The molecule has 0 aliphatic heterocycles. The van der Waals surface area contributed by atoms with Crippen molar-refractivity contribution in [2.24, 2.45) is 0 Å². The number of thioether (sulfide) groups is 1. The molecule has 0 spiro atoms. The van der Waals surface area contributed by atoms with Gasteiger partial charge >= 0.3 is 5.97 Å². The van der Waals surface area contributed by atoms with Gasteiger partial charge in [-0.15, -0.1) is 11.8 Å². The van der Waals surface area contributed by atoms with Crippen LogP contribution in [0.25, 0.3) is 0 Å². The number of carboxylic acid groups (broad SMARTS) is 1. The fraction of sp³-hybridized carbons (Fsp3) is 0.200. The summed E-state index contributed by atoms with van der Waals surface area (Å²) in [6.45, 7) is 0. The van der Waals surface area contributed by atoms with Gasteiger partial charge in [0.15, 0.2) is 0 Å². The predicted molar refractivity (Wildman–Crippen MR) is 123 cm³/mol. The molecule has 3 aromatic carbocycles. The van der Waals surface area contributed by atoms with Crippen LogP contribution in [0, 0.1) is 0 Å². The van der Waals surface area contributed by atoms with Gasteiger partial charge in [0.25, 0.3) is 5.91 Å². The summed E-state index contributed by atoms with van der Waals surface area (Å²) in [6.07, 6.45) is 0.298. The summed E-state index contributed by atoms with van der Waals surface area (Å²) >= 11 is 1.69. The largest absolute Gasteiger partial charge is 0.497 e. The molecular weight excluding hydrogens is 410 g/mol. The summed E-state index contributed by atoms with van der Waals surface area (Å²) in [6, 6.07) is 24.2. The number of rotatable bonds is 10. The Morgan fingerprint density at radius 1 is 0.968 bits per heavy atom. The first-order chi connectivity index (χ1) is 15.0. The van der Waals surface area contributed by atoms with Gasteiger partial charge in [0.2, 0.25) is 0 Å². The van der Waals surface area contributed by atoms with Gasteiger partial charge in [-0.1, -0.05) is 48.5 Å². The van der Waals surface area contributed by atoms with Crippen molar-refractivity contribution in [2.75, 3.05) is 7.11 Å². The summed E-state index contributed by atoms with van der Waals surface area (Å²) in [5.74, 6) is 0.387. The molecule has 0 fully saturated rings. The molecule has 3 aromatic rings. The van der Waals surface area contributed by atoms with E-state index in [4.69, 9.17) is 4.74 Å². The highest BCUT2D eigenvalue weighted by Gasteiger charge is 2.19. The first-order valence-electron chi connectivity index (χ1n) is 9.96. The molecule has 1 amide bonds. The van der Waals surface area contributed by atoms with Crippen molar-refractivity contribution in [2.45, 2.75) is 29.5 Å². The van der Waals surface area contributed by atoms with Crippen LogP contribution in [0.4, 0.5) is 0 Å². The number of hydrogen-bond donors (Lipinski definition) is 2. The van der Waals surface area contributed by atoms with E-state index in [1.807, 2.05) is 54.6 Å². The maximum absolute atomic E-state index is 12.6. The van der Waals surface area contributed by atoms with Gasteiger partial charge in [0, 0.05) is 22.3 Å². The molecular formula is C25H25NO4S. The Kier molecular flexibility index (Phi) is 8.12. The zero-order chi connectivity index (χ0) is 22.1. The maximum Gasteiger partial charge on any atom is 0.305 e. The minimum absolute atomic E-state index is 0.143. The van der Waals surface area contributed by atoms with Crippen LogP contribution in [0.5, 0.6) is 5.75 Å². The lowest BCUT2D eigenvalue weighted by atomic mass is 10.0. The zero-order valence-corrected chi connectivity index (χ0v) is 18.1. The fourth-order valence-electron chi connectivity index (χ4n) is 3.20. The Morgan fingerprint density at radius 2 is 1.65 bits per heavy atom. The molecule has 0 aliphatic carbocycles. The summed E-state index contributed by atoms with van der Waals surface area (Å²) in [4.78, 5) is 25.0. The van der Waals surface area contributed by atoms with Gasteiger partial charge in [0.05, 0.1) is 13.5 Å². The molecule has 0 bridgehead atoms. The smallest absolute Gasteiger partial charge is 0.305 e. The molecule has 0 aliphatic rings. The lowest BCUT2D eigenvalue weighted by Gasteiger charge is -2.19. The van der Waals surface area contributed by atoms with E-state index in [0.717, 1.165) is 22.0 Å². The molecule has 6 heteroatoms. The quantitative estimate of drug-likeness (QED) is 0.447. The van der Waals surface area contributed by atoms with Crippen molar-refractivity contribution in [1.82, 2.24) is 5.32 Å². The van der Waals surface area contributed by atoms with E-state index in [2.05, 4.69) is 5.32 Å². The summed E-state index contributed by atoms with van der Waals surface area (Å²) in [5.41, 5.74) is 2.70. The number of carbonyl (C=O) groups excluding carboxylic acids is 1. The summed E-state index contributed by atoms with van der Waals surface area (Å²) < 4.78 is 5.20. The predicted octanol–water partition coefficient (Wildman–Crippen LogP) is 4.80. The molecule has 0 radical (unpaired) electrons.